The molecular formula is C18H23N. The third kappa shape index (κ3) is 2.87. The second-order valence-corrected chi connectivity index (χ2v) is 5.39. The van der Waals surface area contributed by atoms with Gasteiger partial charge in [0.15, 0.2) is 0 Å². The molecule has 0 amide bonds. The van der Waals surface area contributed by atoms with Crippen molar-refractivity contribution >= 4 is 0 Å². The average molecular weight is 253 g/mol. The highest BCUT2D eigenvalue weighted by Gasteiger charge is 2.06. The van der Waals surface area contributed by atoms with Gasteiger partial charge in [-0.3, -0.25) is 0 Å². The van der Waals surface area contributed by atoms with Crippen molar-refractivity contribution in [3.8, 4) is 11.1 Å². The lowest BCUT2D eigenvalue weighted by Gasteiger charge is -2.13. The minimum absolute atomic E-state index is 0.148. The first-order chi connectivity index (χ1) is 9.02. The summed E-state index contributed by atoms with van der Waals surface area (Å²) >= 11 is 0. The van der Waals surface area contributed by atoms with Crippen molar-refractivity contribution in [1.29, 1.82) is 0 Å². The summed E-state index contributed by atoms with van der Waals surface area (Å²) in [6, 6.07) is 13.4. The van der Waals surface area contributed by atoms with Crippen molar-refractivity contribution in [3.63, 3.8) is 0 Å². The van der Waals surface area contributed by atoms with Crippen LogP contribution in [-0.4, -0.2) is 0 Å². The van der Waals surface area contributed by atoms with Gasteiger partial charge in [-0.05, 0) is 60.6 Å². The maximum Gasteiger partial charge on any atom is 0.0292 e. The zero-order chi connectivity index (χ0) is 14.0. The van der Waals surface area contributed by atoms with Crippen LogP contribution in [0.1, 0.15) is 41.6 Å². The van der Waals surface area contributed by atoms with Crippen LogP contribution in [0.3, 0.4) is 0 Å². The van der Waals surface area contributed by atoms with E-state index in [1.54, 1.807) is 0 Å². The fourth-order valence-electron chi connectivity index (χ4n) is 2.42. The molecule has 1 heteroatoms. The molecule has 19 heavy (non-hydrogen) atoms. The maximum absolute atomic E-state index is 6.06. The quantitative estimate of drug-likeness (QED) is 0.843. The molecule has 0 spiro atoms. The predicted molar refractivity (Wildman–Crippen MR) is 83.3 cm³/mol. The lowest BCUT2D eigenvalue weighted by molar-refractivity contribution is 0.699. The van der Waals surface area contributed by atoms with Crippen LogP contribution < -0.4 is 5.73 Å². The Kier molecular flexibility index (Phi) is 4.06. The fourth-order valence-corrected chi connectivity index (χ4v) is 2.42. The molecule has 2 aromatic rings. The topological polar surface area (TPSA) is 26.0 Å². The van der Waals surface area contributed by atoms with E-state index in [9.17, 15) is 0 Å². The molecular weight excluding hydrogens is 230 g/mol. The highest BCUT2D eigenvalue weighted by Crippen LogP contribution is 2.27. The third-order valence-electron chi connectivity index (χ3n) is 3.93. The molecule has 100 valence electrons. The van der Waals surface area contributed by atoms with Crippen LogP contribution in [0.25, 0.3) is 11.1 Å². The van der Waals surface area contributed by atoms with Gasteiger partial charge in [0.1, 0.15) is 0 Å². The summed E-state index contributed by atoms with van der Waals surface area (Å²) in [6.07, 6.45) is 0.974. The third-order valence-corrected chi connectivity index (χ3v) is 3.93. The molecule has 0 aromatic heterocycles. The molecule has 0 heterocycles. The first kappa shape index (κ1) is 13.8. The van der Waals surface area contributed by atoms with E-state index in [1.165, 1.54) is 33.4 Å². The average Bonchev–Trinajstić information content (AvgIpc) is 2.42. The summed E-state index contributed by atoms with van der Waals surface area (Å²) < 4.78 is 0. The molecule has 1 unspecified atom stereocenters. The molecule has 2 rings (SSSR count). The molecule has 0 saturated carbocycles. The van der Waals surface area contributed by atoms with Crippen molar-refractivity contribution in [2.75, 3.05) is 0 Å². The minimum atomic E-state index is 0.148. The van der Waals surface area contributed by atoms with Gasteiger partial charge in [0.2, 0.25) is 0 Å². The smallest absolute Gasteiger partial charge is 0.0292 e. The molecule has 0 aliphatic heterocycles. The number of benzene rings is 2. The first-order valence-corrected chi connectivity index (χ1v) is 6.96. The van der Waals surface area contributed by atoms with Gasteiger partial charge in [0, 0.05) is 6.04 Å². The number of rotatable bonds is 3. The Balaban J connectivity index is 2.40. The van der Waals surface area contributed by atoms with Crippen molar-refractivity contribution in [3.05, 3.63) is 58.7 Å². The van der Waals surface area contributed by atoms with Gasteiger partial charge in [-0.1, -0.05) is 43.3 Å². The van der Waals surface area contributed by atoms with Crippen LogP contribution >= 0.6 is 0 Å². The normalized spacial score (nSPS) is 12.5. The lowest BCUT2D eigenvalue weighted by atomic mass is 9.94. The number of nitrogens with two attached hydrogens (primary N) is 1. The monoisotopic (exact) mass is 253 g/mol. The highest BCUT2D eigenvalue weighted by molar-refractivity contribution is 5.69. The zero-order valence-electron chi connectivity index (χ0n) is 12.3. The van der Waals surface area contributed by atoms with E-state index in [1.807, 2.05) is 0 Å². The summed E-state index contributed by atoms with van der Waals surface area (Å²) in [6.45, 7) is 8.62. The molecule has 0 radical (unpaired) electrons. The van der Waals surface area contributed by atoms with Crippen LogP contribution in [0, 0.1) is 20.8 Å². The van der Waals surface area contributed by atoms with Crippen LogP contribution in [0.4, 0.5) is 0 Å². The van der Waals surface area contributed by atoms with E-state index in [4.69, 9.17) is 5.73 Å². The fraction of sp³-hybridized carbons (Fsp3) is 0.333. The standard InChI is InChI=1S/C18H23N/c1-5-18(19)16-8-6-15(7-9-16)17-11-13(3)12(2)10-14(17)4/h6-11,18H,5,19H2,1-4H3. The van der Waals surface area contributed by atoms with Gasteiger partial charge in [-0.2, -0.15) is 0 Å². The Morgan fingerprint density at radius 1 is 0.895 bits per heavy atom. The zero-order valence-corrected chi connectivity index (χ0v) is 12.3. The van der Waals surface area contributed by atoms with Gasteiger partial charge in [-0.25, -0.2) is 0 Å². The summed E-state index contributed by atoms with van der Waals surface area (Å²) in [4.78, 5) is 0. The second-order valence-electron chi connectivity index (χ2n) is 5.39. The molecule has 2 N–H and O–H groups in total. The highest BCUT2D eigenvalue weighted by atomic mass is 14.6. The van der Waals surface area contributed by atoms with Crippen molar-refractivity contribution in [2.24, 2.45) is 5.73 Å². The van der Waals surface area contributed by atoms with Crippen molar-refractivity contribution < 1.29 is 0 Å². The van der Waals surface area contributed by atoms with Gasteiger partial charge >= 0.3 is 0 Å². The SMILES string of the molecule is CCC(N)c1ccc(-c2cc(C)c(C)cc2C)cc1. The maximum atomic E-state index is 6.06. The summed E-state index contributed by atoms with van der Waals surface area (Å²) in [7, 11) is 0. The molecule has 0 bridgehead atoms. The number of hydrogen-bond acceptors (Lipinski definition) is 1. The largest absolute Gasteiger partial charge is 0.324 e. The van der Waals surface area contributed by atoms with Crippen LogP contribution in [0.15, 0.2) is 36.4 Å². The van der Waals surface area contributed by atoms with E-state index < -0.39 is 0 Å². The van der Waals surface area contributed by atoms with Gasteiger partial charge in [-0.15, -0.1) is 0 Å². The van der Waals surface area contributed by atoms with E-state index >= 15 is 0 Å². The van der Waals surface area contributed by atoms with Crippen molar-refractivity contribution in [2.45, 2.75) is 40.2 Å². The molecule has 1 nitrogen and oxygen atoms in total. The van der Waals surface area contributed by atoms with Gasteiger partial charge < -0.3 is 5.73 Å². The lowest BCUT2D eigenvalue weighted by Crippen LogP contribution is -2.08. The van der Waals surface area contributed by atoms with E-state index in [2.05, 4.69) is 64.1 Å². The van der Waals surface area contributed by atoms with E-state index in [-0.39, 0.29) is 6.04 Å². The first-order valence-electron chi connectivity index (χ1n) is 6.96. The minimum Gasteiger partial charge on any atom is -0.324 e. The van der Waals surface area contributed by atoms with E-state index in [0.717, 1.165) is 6.42 Å². The van der Waals surface area contributed by atoms with E-state index in [0.29, 0.717) is 0 Å². The van der Waals surface area contributed by atoms with Crippen LogP contribution in [-0.2, 0) is 0 Å². The Bertz CT molecular complexity index is 567. The Morgan fingerprint density at radius 2 is 1.47 bits per heavy atom. The summed E-state index contributed by atoms with van der Waals surface area (Å²) in [5.41, 5.74) is 13.9. The molecule has 1 atom stereocenters. The second kappa shape index (κ2) is 5.58. The van der Waals surface area contributed by atoms with Gasteiger partial charge in [0.25, 0.3) is 0 Å². The Hall–Kier alpha value is -1.60. The molecule has 0 aliphatic carbocycles. The Morgan fingerprint density at radius 3 is 2.05 bits per heavy atom. The van der Waals surface area contributed by atoms with Crippen molar-refractivity contribution in [1.82, 2.24) is 0 Å². The summed E-state index contributed by atoms with van der Waals surface area (Å²) in [5, 5.41) is 0. The number of aryl methyl sites for hydroxylation is 3. The predicted octanol–water partition coefficient (Wildman–Crippen LogP) is 4.69. The molecule has 0 saturated heterocycles. The molecule has 2 aromatic carbocycles. The molecule has 0 fully saturated rings. The number of hydrogen-bond donors (Lipinski definition) is 1. The molecule has 0 aliphatic rings. The Labute approximate surface area is 116 Å². The summed E-state index contributed by atoms with van der Waals surface area (Å²) in [5.74, 6) is 0. The van der Waals surface area contributed by atoms with Gasteiger partial charge in [0.05, 0.1) is 0 Å². The van der Waals surface area contributed by atoms with Crippen LogP contribution in [0.5, 0.6) is 0 Å². The van der Waals surface area contributed by atoms with Crippen LogP contribution in [0.2, 0.25) is 0 Å².